The summed E-state index contributed by atoms with van der Waals surface area (Å²) < 4.78 is 13.9. The zero-order chi connectivity index (χ0) is 23.4. The second-order valence-corrected chi connectivity index (χ2v) is 8.84. The van der Waals surface area contributed by atoms with Gasteiger partial charge in [0.1, 0.15) is 11.6 Å². The molecule has 0 unspecified atom stereocenters. The number of carbonyl (C=O) groups excluding carboxylic acids is 1. The number of likely N-dealkylation sites (tertiary alicyclic amines) is 1. The van der Waals surface area contributed by atoms with Gasteiger partial charge in [0.15, 0.2) is 0 Å². The molecule has 0 aliphatic carbocycles. The highest BCUT2D eigenvalue weighted by atomic mass is 19.1. The third-order valence-corrected chi connectivity index (χ3v) is 6.09. The molecule has 2 aromatic heterocycles. The Labute approximate surface area is 194 Å². The van der Waals surface area contributed by atoms with Crippen LogP contribution in [-0.4, -0.2) is 52.4 Å². The smallest absolute Gasteiger partial charge is 0.236 e. The maximum absolute atomic E-state index is 13.9. The average molecular weight is 448 g/mol. The lowest BCUT2D eigenvalue weighted by Gasteiger charge is -2.34. The van der Waals surface area contributed by atoms with E-state index in [0.29, 0.717) is 24.5 Å². The van der Waals surface area contributed by atoms with E-state index < -0.39 is 0 Å². The number of nitrogen functional groups attached to an aromatic ring is 1. The largest absolute Gasteiger partial charge is 0.384 e. The highest BCUT2D eigenvalue weighted by molar-refractivity contribution is 5.78. The van der Waals surface area contributed by atoms with Gasteiger partial charge < -0.3 is 10.6 Å². The van der Waals surface area contributed by atoms with Crippen LogP contribution in [0.25, 0.3) is 11.1 Å². The molecule has 1 atom stereocenters. The van der Waals surface area contributed by atoms with Crippen LogP contribution < -0.4 is 5.73 Å². The molecule has 1 saturated heterocycles. The molecule has 33 heavy (non-hydrogen) atoms. The lowest BCUT2D eigenvalue weighted by molar-refractivity contribution is -0.133. The Hall–Kier alpha value is -3.32. The summed E-state index contributed by atoms with van der Waals surface area (Å²) in [5, 5.41) is 0. The van der Waals surface area contributed by atoms with Gasteiger partial charge in [-0.2, -0.15) is 0 Å². The van der Waals surface area contributed by atoms with Crippen LogP contribution in [0.4, 0.5) is 10.2 Å². The normalized spacial score (nSPS) is 16.2. The number of hydrogen-bond donors (Lipinski definition) is 1. The third-order valence-electron chi connectivity index (χ3n) is 6.09. The Morgan fingerprint density at radius 3 is 2.79 bits per heavy atom. The van der Waals surface area contributed by atoms with Crippen molar-refractivity contribution in [3.63, 3.8) is 0 Å². The first-order chi connectivity index (χ1) is 15.9. The van der Waals surface area contributed by atoms with Crippen molar-refractivity contribution in [2.75, 3.05) is 32.4 Å². The molecule has 6 nitrogen and oxygen atoms in total. The molecule has 3 aromatic rings. The van der Waals surface area contributed by atoms with Crippen LogP contribution in [0.2, 0.25) is 0 Å². The fraction of sp³-hybridized carbons (Fsp3) is 0.346. The van der Waals surface area contributed by atoms with E-state index in [0.717, 1.165) is 41.9 Å². The van der Waals surface area contributed by atoms with Crippen molar-refractivity contribution in [3.8, 4) is 11.1 Å². The zero-order valence-electron chi connectivity index (χ0n) is 19.2. The van der Waals surface area contributed by atoms with Crippen LogP contribution in [-0.2, 0) is 11.3 Å². The van der Waals surface area contributed by atoms with Crippen LogP contribution in [0.3, 0.4) is 0 Å². The molecule has 1 aliphatic heterocycles. The van der Waals surface area contributed by atoms with Gasteiger partial charge in [-0.1, -0.05) is 18.2 Å². The molecule has 7 heteroatoms. The van der Waals surface area contributed by atoms with Crippen LogP contribution in [0, 0.1) is 12.7 Å². The molecule has 0 spiro atoms. The number of nitrogens with two attached hydrogens (primary N) is 1. The van der Waals surface area contributed by atoms with E-state index in [2.05, 4.69) is 11.1 Å². The topological polar surface area (TPSA) is 75.3 Å². The average Bonchev–Trinajstić information content (AvgIpc) is 2.80. The first kappa shape index (κ1) is 22.9. The molecule has 1 fully saturated rings. The number of nitrogens with zero attached hydrogens (tertiary/aromatic N) is 4. The summed E-state index contributed by atoms with van der Waals surface area (Å²) in [6.07, 6.45) is 3.70. The van der Waals surface area contributed by atoms with E-state index in [1.807, 2.05) is 42.0 Å². The Morgan fingerprint density at radius 2 is 2.03 bits per heavy atom. The zero-order valence-corrected chi connectivity index (χ0v) is 19.2. The number of anilines is 1. The molecule has 3 heterocycles. The number of aromatic nitrogens is 2. The first-order valence-electron chi connectivity index (χ1n) is 11.3. The second kappa shape index (κ2) is 10.1. The van der Waals surface area contributed by atoms with Crippen molar-refractivity contribution in [2.45, 2.75) is 32.2 Å². The van der Waals surface area contributed by atoms with E-state index in [1.54, 1.807) is 24.4 Å². The summed E-state index contributed by atoms with van der Waals surface area (Å²) in [5.74, 6) is 0.493. The van der Waals surface area contributed by atoms with Gasteiger partial charge in [0.05, 0.1) is 6.54 Å². The quantitative estimate of drug-likeness (QED) is 0.618. The van der Waals surface area contributed by atoms with Crippen LogP contribution in [0.5, 0.6) is 0 Å². The minimum absolute atomic E-state index is 0.0640. The van der Waals surface area contributed by atoms with Crippen LogP contribution in [0.1, 0.15) is 35.7 Å². The molecular formula is C26H30FN5O. The van der Waals surface area contributed by atoms with Gasteiger partial charge in [0, 0.05) is 54.3 Å². The monoisotopic (exact) mass is 447 g/mol. The first-order valence-corrected chi connectivity index (χ1v) is 11.3. The minimum Gasteiger partial charge on any atom is -0.384 e. The van der Waals surface area contributed by atoms with Gasteiger partial charge in [0.25, 0.3) is 0 Å². The second-order valence-electron chi connectivity index (χ2n) is 8.84. The summed E-state index contributed by atoms with van der Waals surface area (Å²) in [4.78, 5) is 25.8. The fourth-order valence-corrected chi connectivity index (χ4v) is 4.40. The van der Waals surface area contributed by atoms with Gasteiger partial charge in [-0.3, -0.25) is 14.7 Å². The molecule has 1 aromatic carbocycles. The van der Waals surface area contributed by atoms with Gasteiger partial charge in [-0.25, -0.2) is 9.37 Å². The van der Waals surface area contributed by atoms with Crippen LogP contribution >= 0.6 is 0 Å². The summed E-state index contributed by atoms with van der Waals surface area (Å²) >= 11 is 0. The Morgan fingerprint density at radius 1 is 1.21 bits per heavy atom. The summed E-state index contributed by atoms with van der Waals surface area (Å²) in [6, 6.07) is 14.6. The van der Waals surface area contributed by atoms with Crippen molar-refractivity contribution >= 4 is 11.7 Å². The number of hydrogen-bond acceptors (Lipinski definition) is 5. The van der Waals surface area contributed by atoms with Crippen molar-refractivity contribution in [1.82, 2.24) is 19.8 Å². The van der Waals surface area contributed by atoms with E-state index in [1.165, 1.54) is 6.07 Å². The lowest BCUT2D eigenvalue weighted by atomic mass is 9.92. The van der Waals surface area contributed by atoms with Crippen molar-refractivity contribution in [1.29, 1.82) is 0 Å². The molecule has 0 radical (unpaired) electrons. The maximum atomic E-state index is 13.9. The standard InChI is InChI=1S/C26H30FN5O/c1-18-12-22(19-9-10-25(28)29-14-19)13-24(30-18)21-7-5-11-32(16-21)26(33)17-31(2)15-20-6-3-4-8-23(20)27/h3-4,6,8-10,12-14,21H,5,7,11,15-17H2,1-2H3,(H2,28,29)/t21-/m0/s1. The molecule has 0 bridgehead atoms. The SMILES string of the molecule is Cc1cc(-c2ccc(N)nc2)cc([C@H]2CCCN(C(=O)CN(C)Cc3ccccc3F)C2)n1. The van der Waals surface area contributed by atoms with E-state index in [4.69, 9.17) is 10.7 Å². The Kier molecular flexibility index (Phi) is 6.99. The molecular weight excluding hydrogens is 417 g/mol. The highest BCUT2D eigenvalue weighted by Gasteiger charge is 2.26. The fourth-order valence-electron chi connectivity index (χ4n) is 4.40. The molecule has 172 valence electrons. The van der Waals surface area contributed by atoms with Gasteiger partial charge >= 0.3 is 0 Å². The molecule has 0 saturated carbocycles. The number of likely N-dealkylation sites (N-methyl/N-ethyl adjacent to an activating group) is 1. The number of carbonyl (C=O) groups is 1. The Bertz CT molecular complexity index is 1120. The molecule has 1 aliphatic rings. The van der Waals surface area contributed by atoms with Crippen molar-refractivity contribution in [3.05, 3.63) is 77.5 Å². The number of aryl methyl sites for hydroxylation is 1. The maximum Gasteiger partial charge on any atom is 0.236 e. The molecule has 1 amide bonds. The molecule has 4 rings (SSSR count). The van der Waals surface area contributed by atoms with E-state index >= 15 is 0 Å². The lowest BCUT2D eigenvalue weighted by Crippen LogP contribution is -2.43. The van der Waals surface area contributed by atoms with Crippen molar-refractivity contribution < 1.29 is 9.18 Å². The summed E-state index contributed by atoms with van der Waals surface area (Å²) in [5.41, 5.74) is 10.3. The number of amides is 1. The number of pyridine rings is 2. The predicted molar refractivity (Wildman–Crippen MR) is 128 cm³/mol. The Balaban J connectivity index is 1.43. The number of rotatable bonds is 6. The van der Waals surface area contributed by atoms with Crippen LogP contribution in [0.15, 0.2) is 54.7 Å². The molecule has 2 N–H and O–H groups in total. The van der Waals surface area contributed by atoms with Gasteiger partial charge in [-0.05, 0) is 62.7 Å². The number of benzene rings is 1. The summed E-state index contributed by atoms with van der Waals surface area (Å²) in [7, 11) is 1.85. The minimum atomic E-state index is -0.243. The van der Waals surface area contributed by atoms with Gasteiger partial charge in [0.2, 0.25) is 5.91 Å². The number of halogens is 1. The van der Waals surface area contributed by atoms with E-state index in [-0.39, 0.29) is 24.2 Å². The van der Waals surface area contributed by atoms with Crippen molar-refractivity contribution in [2.24, 2.45) is 0 Å². The van der Waals surface area contributed by atoms with E-state index in [9.17, 15) is 9.18 Å². The number of piperidine rings is 1. The summed E-state index contributed by atoms with van der Waals surface area (Å²) in [6.45, 7) is 4.02. The third kappa shape index (κ3) is 5.73. The van der Waals surface area contributed by atoms with Gasteiger partial charge in [-0.15, -0.1) is 0 Å². The highest BCUT2D eigenvalue weighted by Crippen LogP contribution is 2.29. The predicted octanol–water partition coefficient (Wildman–Crippen LogP) is 4.01.